The van der Waals surface area contributed by atoms with Gasteiger partial charge in [-0.15, -0.1) is 0 Å². The summed E-state index contributed by atoms with van der Waals surface area (Å²) in [7, 11) is 0. The molecule has 0 heterocycles. The fourth-order valence-corrected chi connectivity index (χ4v) is 1.72. The van der Waals surface area contributed by atoms with Gasteiger partial charge in [-0.2, -0.15) is 5.26 Å². The van der Waals surface area contributed by atoms with Gasteiger partial charge in [0.2, 0.25) is 0 Å². The number of nitriles is 1. The lowest BCUT2D eigenvalue weighted by molar-refractivity contribution is 0.125. The molecule has 0 amide bonds. The molecule has 0 saturated heterocycles. The second kappa shape index (κ2) is 7.90. The highest BCUT2D eigenvalue weighted by Gasteiger charge is 2.02. The van der Waals surface area contributed by atoms with Crippen molar-refractivity contribution in [1.82, 2.24) is 0 Å². The number of unbranched alkanes of at least 4 members (excludes halogenated alkanes) is 3. The van der Waals surface area contributed by atoms with Gasteiger partial charge >= 0.3 is 0 Å². The number of rotatable bonds is 7. The van der Waals surface area contributed by atoms with Crippen molar-refractivity contribution in [2.24, 2.45) is 0 Å². The normalized spacial score (nSPS) is 12.0. The molecule has 0 aliphatic rings. The zero-order valence-electron chi connectivity index (χ0n) is 9.56. The van der Waals surface area contributed by atoms with Crippen LogP contribution in [0.3, 0.4) is 0 Å². The van der Waals surface area contributed by atoms with E-state index in [2.05, 4.69) is 24.3 Å². The summed E-state index contributed by atoms with van der Waals surface area (Å²) in [5.41, 5.74) is 1.38. The summed E-state index contributed by atoms with van der Waals surface area (Å²) < 4.78 is 0. The van der Waals surface area contributed by atoms with Crippen LogP contribution in [-0.4, -0.2) is 6.10 Å². The van der Waals surface area contributed by atoms with Crippen molar-refractivity contribution in [1.29, 1.82) is 5.26 Å². The van der Waals surface area contributed by atoms with E-state index in [1.165, 1.54) is 12.0 Å². The van der Waals surface area contributed by atoms with Gasteiger partial charge in [0.1, 0.15) is 0 Å². The molecule has 1 aromatic rings. The number of benzene rings is 1. The Morgan fingerprint density at radius 1 is 1.06 bits per heavy atom. The number of aryl methyl sites for hydroxylation is 1. The standard InChI is InChI=1S/C14H18NO/c15-12-14(16)11-7-2-1-4-8-13-9-5-3-6-10-13/h3,5-6,9-10,14H,1-2,4,7-8,11H2. The van der Waals surface area contributed by atoms with Crippen molar-refractivity contribution in [3.8, 4) is 6.07 Å². The monoisotopic (exact) mass is 216 g/mol. The van der Waals surface area contributed by atoms with Crippen LogP contribution in [0, 0.1) is 11.3 Å². The molecule has 0 aliphatic heterocycles. The average Bonchev–Trinajstić information content (AvgIpc) is 2.34. The lowest BCUT2D eigenvalue weighted by Crippen LogP contribution is -1.99. The van der Waals surface area contributed by atoms with Gasteiger partial charge < -0.3 is 0 Å². The van der Waals surface area contributed by atoms with Gasteiger partial charge in [0, 0.05) is 0 Å². The number of nitrogens with zero attached hydrogens (tertiary/aromatic N) is 1. The first-order valence-corrected chi connectivity index (χ1v) is 5.92. The fraction of sp³-hybridized carbons (Fsp3) is 0.500. The third-order valence-electron chi connectivity index (χ3n) is 2.67. The highest BCUT2D eigenvalue weighted by Crippen LogP contribution is 2.09. The summed E-state index contributed by atoms with van der Waals surface area (Å²) in [5.74, 6) is 0. The third kappa shape index (κ3) is 5.53. The Morgan fingerprint density at radius 2 is 1.75 bits per heavy atom. The Labute approximate surface area is 97.5 Å². The van der Waals surface area contributed by atoms with Gasteiger partial charge in [-0.3, -0.25) is 0 Å². The van der Waals surface area contributed by atoms with E-state index >= 15 is 0 Å². The van der Waals surface area contributed by atoms with Gasteiger partial charge in [-0.1, -0.05) is 43.2 Å². The molecule has 0 N–H and O–H groups in total. The topological polar surface area (TPSA) is 43.7 Å². The molecule has 1 radical (unpaired) electrons. The molecule has 1 atom stereocenters. The Morgan fingerprint density at radius 3 is 2.44 bits per heavy atom. The SMILES string of the molecule is N#CC([O])CCCCCCc1ccccc1. The molecule has 1 rings (SSSR count). The molecule has 0 bridgehead atoms. The molecule has 2 heteroatoms. The smallest absolute Gasteiger partial charge is 0.179 e. The van der Waals surface area contributed by atoms with Gasteiger partial charge in [-0.25, -0.2) is 5.11 Å². The maximum absolute atomic E-state index is 10.8. The van der Waals surface area contributed by atoms with Gasteiger partial charge in [0.15, 0.2) is 6.10 Å². The van der Waals surface area contributed by atoms with Crippen LogP contribution in [0.25, 0.3) is 0 Å². The van der Waals surface area contributed by atoms with Crippen LogP contribution in [0.1, 0.15) is 37.7 Å². The molecule has 1 aromatic carbocycles. The lowest BCUT2D eigenvalue weighted by atomic mass is 10.0. The van der Waals surface area contributed by atoms with Crippen LogP contribution in [0.4, 0.5) is 0 Å². The molecule has 0 aromatic heterocycles. The summed E-state index contributed by atoms with van der Waals surface area (Å²) in [6.45, 7) is 0. The molecule has 0 saturated carbocycles. The number of hydrogen-bond acceptors (Lipinski definition) is 1. The molecule has 1 unspecified atom stereocenters. The van der Waals surface area contributed by atoms with Crippen LogP contribution in [0.5, 0.6) is 0 Å². The molecule has 0 fully saturated rings. The summed E-state index contributed by atoms with van der Waals surface area (Å²) >= 11 is 0. The second-order valence-corrected chi connectivity index (χ2v) is 4.06. The van der Waals surface area contributed by atoms with Crippen molar-refractivity contribution in [2.45, 2.75) is 44.6 Å². The minimum Gasteiger partial charge on any atom is -0.217 e. The Hall–Kier alpha value is -1.33. The van der Waals surface area contributed by atoms with E-state index in [-0.39, 0.29) is 0 Å². The average molecular weight is 216 g/mol. The highest BCUT2D eigenvalue weighted by molar-refractivity contribution is 5.14. The summed E-state index contributed by atoms with van der Waals surface area (Å²) in [6.07, 6.45) is 4.85. The van der Waals surface area contributed by atoms with Crippen molar-refractivity contribution >= 4 is 0 Å². The Kier molecular flexibility index (Phi) is 6.29. The molecule has 16 heavy (non-hydrogen) atoms. The van der Waals surface area contributed by atoms with E-state index < -0.39 is 6.10 Å². The molecule has 2 nitrogen and oxygen atoms in total. The van der Waals surface area contributed by atoms with Gasteiger partial charge in [0.25, 0.3) is 0 Å². The maximum atomic E-state index is 10.8. The summed E-state index contributed by atoms with van der Waals surface area (Å²) in [5, 5.41) is 19.1. The maximum Gasteiger partial charge on any atom is 0.179 e. The van der Waals surface area contributed by atoms with Crippen LogP contribution in [0.2, 0.25) is 0 Å². The molecular formula is C14H18NO. The van der Waals surface area contributed by atoms with Crippen LogP contribution < -0.4 is 0 Å². The molecule has 0 spiro atoms. The fourth-order valence-electron chi connectivity index (χ4n) is 1.72. The first-order valence-electron chi connectivity index (χ1n) is 5.92. The Bertz CT molecular complexity index is 315. The third-order valence-corrected chi connectivity index (χ3v) is 2.67. The van der Waals surface area contributed by atoms with E-state index in [1.807, 2.05) is 6.07 Å². The second-order valence-electron chi connectivity index (χ2n) is 4.06. The first-order chi connectivity index (χ1) is 7.83. The van der Waals surface area contributed by atoms with Crippen molar-refractivity contribution in [3.63, 3.8) is 0 Å². The van der Waals surface area contributed by atoms with Crippen molar-refractivity contribution in [2.75, 3.05) is 0 Å². The van der Waals surface area contributed by atoms with Crippen LogP contribution in [-0.2, 0) is 11.5 Å². The minimum atomic E-state index is -1.02. The number of hydrogen-bond donors (Lipinski definition) is 0. The van der Waals surface area contributed by atoms with E-state index in [4.69, 9.17) is 5.26 Å². The van der Waals surface area contributed by atoms with Gasteiger partial charge in [-0.05, 0) is 31.2 Å². The molecular weight excluding hydrogens is 198 g/mol. The summed E-state index contributed by atoms with van der Waals surface area (Å²) in [4.78, 5) is 0. The van der Waals surface area contributed by atoms with Crippen molar-refractivity contribution < 1.29 is 5.11 Å². The zero-order chi connectivity index (χ0) is 11.6. The molecule has 0 aliphatic carbocycles. The van der Waals surface area contributed by atoms with E-state index in [9.17, 15) is 5.11 Å². The minimum absolute atomic E-state index is 0.502. The van der Waals surface area contributed by atoms with E-state index in [1.54, 1.807) is 6.07 Å². The zero-order valence-corrected chi connectivity index (χ0v) is 9.56. The van der Waals surface area contributed by atoms with Crippen LogP contribution >= 0.6 is 0 Å². The quantitative estimate of drug-likeness (QED) is 0.643. The van der Waals surface area contributed by atoms with Crippen LogP contribution in [0.15, 0.2) is 30.3 Å². The van der Waals surface area contributed by atoms with E-state index in [0.29, 0.717) is 6.42 Å². The van der Waals surface area contributed by atoms with Gasteiger partial charge in [0.05, 0.1) is 6.07 Å². The largest absolute Gasteiger partial charge is 0.217 e. The van der Waals surface area contributed by atoms with E-state index in [0.717, 1.165) is 25.7 Å². The van der Waals surface area contributed by atoms with Crippen molar-refractivity contribution in [3.05, 3.63) is 35.9 Å². The highest BCUT2D eigenvalue weighted by atomic mass is 16.3. The predicted molar refractivity (Wildman–Crippen MR) is 63.3 cm³/mol. The summed E-state index contributed by atoms with van der Waals surface area (Å²) in [6, 6.07) is 12.2. The predicted octanol–water partition coefficient (Wildman–Crippen LogP) is 3.50. The Balaban J connectivity index is 1.99. The first kappa shape index (κ1) is 12.7. The molecule has 85 valence electrons. The lowest BCUT2D eigenvalue weighted by Gasteiger charge is -2.02.